The van der Waals surface area contributed by atoms with Crippen molar-refractivity contribution in [2.45, 2.75) is 39.0 Å². The number of hydrogen-bond donors (Lipinski definition) is 1. The first kappa shape index (κ1) is 12.4. The fraction of sp³-hybridized carbons (Fsp3) is 0.667. The van der Waals surface area contributed by atoms with Crippen molar-refractivity contribution < 1.29 is 0 Å². The first-order chi connectivity index (χ1) is 6.41. The van der Waals surface area contributed by atoms with Gasteiger partial charge in [0.25, 0.3) is 0 Å². The van der Waals surface area contributed by atoms with E-state index in [0.717, 1.165) is 19.4 Å². The predicted molar refractivity (Wildman–Crippen MR) is 61.0 cm³/mol. The summed E-state index contributed by atoms with van der Waals surface area (Å²) in [6.45, 7) is 3.31. The summed E-state index contributed by atoms with van der Waals surface area (Å²) in [6.07, 6.45) is 15.0. The van der Waals surface area contributed by atoms with Gasteiger partial charge in [0.15, 0.2) is 0 Å². The molecule has 76 valence electrons. The Bertz CT molecular complexity index is 136. The molecule has 0 aromatic rings. The van der Waals surface area contributed by atoms with Crippen molar-refractivity contribution in [3.05, 3.63) is 24.3 Å². The van der Waals surface area contributed by atoms with Gasteiger partial charge in [0, 0.05) is 0 Å². The van der Waals surface area contributed by atoms with Crippen LogP contribution < -0.4 is 5.32 Å². The molecule has 0 aliphatic carbocycles. The molecule has 0 rings (SSSR count). The molecule has 0 bridgehead atoms. The highest BCUT2D eigenvalue weighted by atomic mass is 14.8. The van der Waals surface area contributed by atoms with Crippen molar-refractivity contribution in [1.29, 1.82) is 0 Å². The van der Waals surface area contributed by atoms with Gasteiger partial charge in [-0.15, -0.1) is 0 Å². The Morgan fingerprint density at radius 1 is 1.00 bits per heavy atom. The van der Waals surface area contributed by atoms with E-state index < -0.39 is 0 Å². The molecule has 0 aromatic heterocycles. The Morgan fingerprint density at radius 2 is 1.77 bits per heavy atom. The second-order valence-corrected chi connectivity index (χ2v) is 3.19. The van der Waals surface area contributed by atoms with Gasteiger partial charge >= 0.3 is 0 Å². The Kier molecular flexibility index (Phi) is 10.9. The summed E-state index contributed by atoms with van der Waals surface area (Å²) >= 11 is 0. The maximum atomic E-state index is 3.15. The average molecular weight is 181 g/mol. The van der Waals surface area contributed by atoms with Crippen LogP contribution in [0.5, 0.6) is 0 Å². The maximum Gasteiger partial charge on any atom is -0.00518 e. The van der Waals surface area contributed by atoms with Crippen molar-refractivity contribution in [2.24, 2.45) is 0 Å². The summed E-state index contributed by atoms with van der Waals surface area (Å²) < 4.78 is 0. The molecule has 0 aliphatic rings. The molecule has 0 fully saturated rings. The summed E-state index contributed by atoms with van der Waals surface area (Å²) in [7, 11) is 2.01. The molecule has 0 aliphatic heterocycles. The first-order valence-corrected chi connectivity index (χ1v) is 5.36. The smallest absolute Gasteiger partial charge is 0.00518 e. The minimum Gasteiger partial charge on any atom is -0.320 e. The minimum absolute atomic E-state index is 1.10. The minimum atomic E-state index is 1.10. The van der Waals surface area contributed by atoms with Gasteiger partial charge in [-0.05, 0) is 45.7 Å². The van der Waals surface area contributed by atoms with Crippen LogP contribution in [0.4, 0.5) is 0 Å². The Hall–Kier alpha value is -0.560. The SMILES string of the molecule is CC/C=C\C/C=C\CCCCNC. The topological polar surface area (TPSA) is 12.0 Å². The molecule has 0 amide bonds. The molecule has 0 heterocycles. The van der Waals surface area contributed by atoms with Gasteiger partial charge in [0.1, 0.15) is 0 Å². The van der Waals surface area contributed by atoms with E-state index in [9.17, 15) is 0 Å². The molecule has 0 radical (unpaired) electrons. The fourth-order valence-corrected chi connectivity index (χ4v) is 1.12. The third-order valence-corrected chi connectivity index (χ3v) is 1.89. The summed E-state index contributed by atoms with van der Waals surface area (Å²) in [4.78, 5) is 0. The van der Waals surface area contributed by atoms with Gasteiger partial charge in [-0.25, -0.2) is 0 Å². The number of hydrogen-bond acceptors (Lipinski definition) is 1. The third kappa shape index (κ3) is 11.4. The fourth-order valence-electron chi connectivity index (χ4n) is 1.12. The van der Waals surface area contributed by atoms with Crippen LogP contribution in [0.15, 0.2) is 24.3 Å². The van der Waals surface area contributed by atoms with Gasteiger partial charge in [0.05, 0.1) is 0 Å². The molecule has 1 N–H and O–H groups in total. The Morgan fingerprint density at radius 3 is 2.46 bits per heavy atom. The Labute approximate surface area is 82.9 Å². The van der Waals surface area contributed by atoms with Crippen LogP contribution in [0.3, 0.4) is 0 Å². The van der Waals surface area contributed by atoms with Crippen LogP contribution in [0.25, 0.3) is 0 Å². The van der Waals surface area contributed by atoms with Crippen LogP contribution in [0, 0.1) is 0 Å². The predicted octanol–water partition coefficient (Wildman–Crippen LogP) is 3.29. The Balaban J connectivity index is 3.08. The van der Waals surface area contributed by atoms with E-state index in [1.54, 1.807) is 0 Å². The average Bonchev–Trinajstić information content (AvgIpc) is 2.16. The van der Waals surface area contributed by atoms with Gasteiger partial charge in [0.2, 0.25) is 0 Å². The second kappa shape index (κ2) is 11.4. The van der Waals surface area contributed by atoms with Crippen molar-refractivity contribution in [3.8, 4) is 0 Å². The largest absolute Gasteiger partial charge is 0.320 e. The molecular weight excluding hydrogens is 158 g/mol. The number of rotatable bonds is 8. The zero-order chi connectivity index (χ0) is 9.78. The highest BCUT2D eigenvalue weighted by Crippen LogP contribution is 1.97. The second-order valence-electron chi connectivity index (χ2n) is 3.19. The summed E-state index contributed by atoms with van der Waals surface area (Å²) in [6, 6.07) is 0. The van der Waals surface area contributed by atoms with E-state index in [2.05, 4.69) is 36.5 Å². The van der Waals surface area contributed by atoms with Gasteiger partial charge < -0.3 is 5.32 Å². The monoisotopic (exact) mass is 181 g/mol. The van der Waals surface area contributed by atoms with Crippen LogP contribution >= 0.6 is 0 Å². The normalized spacial score (nSPS) is 11.8. The highest BCUT2D eigenvalue weighted by Gasteiger charge is 1.82. The molecule has 13 heavy (non-hydrogen) atoms. The first-order valence-electron chi connectivity index (χ1n) is 5.36. The van der Waals surface area contributed by atoms with E-state index in [-0.39, 0.29) is 0 Å². The third-order valence-electron chi connectivity index (χ3n) is 1.89. The van der Waals surface area contributed by atoms with Crippen LogP contribution in [0.1, 0.15) is 39.0 Å². The zero-order valence-electron chi connectivity index (χ0n) is 9.05. The van der Waals surface area contributed by atoms with Crippen LogP contribution in [-0.2, 0) is 0 Å². The zero-order valence-corrected chi connectivity index (χ0v) is 9.05. The van der Waals surface area contributed by atoms with E-state index in [0.29, 0.717) is 0 Å². The number of nitrogens with one attached hydrogen (secondary N) is 1. The van der Waals surface area contributed by atoms with Crippen LogP contribution in [-0.4, -0.2) is 13.6 Å². The number of allylic oxidation sites excluding steroid dienone is 4. The molecule has 0 saturated heterocycles. The molecule has 1 heteroatoms. The van der Waals surface area contributed by atoms with Gasteiger partial charge in [-0.1, -0.05) is 31.2 Å². The lowest BCUT2D eigenvalue weighted by Gasteiger charge is -1.95. The molecule has 0 unspecified atom stereocenters. The van der Waals surface area contributed by atoms with E-state index in [1.807, 2.05) is 7.05 Å². The molecule has 0 saturated carbocycles. The van der Waals surface area contributed by atoms with E-state index >= 15 is 0 Å². The summed E-state index contributed by atoms with van der Waals surface area (Å²) in [5.41, 5.74) is 0. The number of unbranched alkanes of at least 4 members (excludes halogenated alkanes) is 2. The summed E-state index contributed by atoms with van der Waals surface area (Å²) in [5, 5.41) is 3.15. The van der Waals surface area contributed by atoms with Crippen molar-refractivity contribution in [2.75, 3.05) is 13.6 Å². The van der Waals surface area contributed by atoms with Gasteiger partial charge in [-0.2, -0.15) is 0 Å². The molecule has 1 nitrogen and oxygen atoms in total. The lowest BCUT2D eigenvalue weighted by molar-refractivity contribution is 0.684. The molecule has 0 atom stereocenters. The standard InChI is InChI=1S/C12H23N/c1-3-4-5-6-7-8-9-10-11-12-13-2/h4-5,7-8,13H,3,6,9-12H2,1-2H3/b5-4-,8-7-. The lowest BCUT2D eigenvalue weighted by atomic mass is 10.2. The van der Waals surface area contributed by atoms with Crippen molar-refractivity contribution in [1.82, 2.24) is 5.32 Å². The molecular formula is C12H23N. The van der Waals surface area contributed by atoms with E-state index in [1.165, 1.54) is 19.3 Å². The lowest BCUT2D eigenvalue weighted by Crippen LogP contribution is -2.06. The molecule has 0 aromatic carbocycles. The van der Waals surface area contributed by atoms with Crippen LogP contribution in [0.2, 0.25) is 0 Å². The van der Waals surface area contributed by atoms with Crippen molar-refractivity contribution >= 4 is 0 Å². The van der Waals surface area contributed by atoms with E-state index in [4.69, 9.17) is 0 Å². The molecule has 0 spiro atoms. The highest BCUT2D eigenvalue weighted by molar-refractivity contribution is 4.92. The van der Waals surface area contributed by atoms with Gasteiger partial charge in [-0.3, -0.25) is 0 Å². The summed E-state index contributed by atoms with van der Waals surface area (Å²) in [5.74, 6) is 0. The maximum absolute atomic E-state index is 3.15. The quantitative estimate of drug-likeness (QED) is 0.447. The van der Waals surface area contributed by atoms with Crippen molar-refractivity contribution in [3.63, 3.8) is 0 Å².